The zero-order valence-corrected chi connectivity index (χ0v) is 13.2. The SMILES string of the molecule is COC(=O)C(Cc1ccc(O)cc1)NC(=O)c1cccc(Cl)c1. The van der Waals surface area contributed by atoms with Crippen LogP contribution in [0.15, 0.2) is 48.5 Å². The van der Waals surface area contributed by atoms with Gasteiger partial charge in [0, 0.05) is 17.0 Å². The van der Waals surface area contributed by atoms with Crippen molar-refractivity contribution < 1.29 is 19.4 Å². The Bertz CT molecular complexity index is 700. The molecular weight excluding hydrogens is 318 g/mol. The standard InChI is InChI=1S/C17H16ClNO4/c1-23-17(22)15(9-11-5-7-14(20)8-6-11)19-16(21)12-3-2-4-13(18)10-12/h2-8,10,15,20H,9H2,1H3,(H,19,21). The zero-order chi connectivity index (χ0) is 16.8. The second kappa shape index (κ2) is 7.65. The summed E-state index contributed by atoms with van der Waals surface area (Å²) in [5, 5.41) is 12.4. The summed E-state index contributed by atoms with van der Waals surface area (Å²) in [6.45, 7) is 0. The van der Waals surface area contributed by atoms with Gasteiger partial charge in [0.2, 0.25) is 0 Å². The molecule has 0 spiro atoms. The first-order valence-corrected chi connectivity index (χ1v) is 7.29. The van der Waals surface area contributed by atoms with Gasteiger partial charge in [-0.25, -0.2) is 4.79 Å². The van der Waals surface area contributed by atoms with Crippen LogP contribution in [0.1, 0.15) is 15.9 Å². The molecular formula is C17H16ClNO4. The maximum atomic E-state index is 12.3. The van der Waals surface area contributed by atoms with E-state index in [0.29, 0.717) is 10.6 Å². The fourth-order valence-corrected chi connectivity index (χ4v) is 2.26. The molecule has 0 heterocycles. The third-order valence-electron chi connectivity index (χ3n) is 3.25. The quantitative estimate of drug-likeness (QED) is 0.825. The molecule has 1 atom stereocenters. The minimum Gasteiger partial charge on any atom is -0.508 e. The van der Waals surface area contributed by atoms with Gasteiger partial charge in [-0.15, -0.1) is 0 Å². The summed E-state index contributed by atoms with van der Waals surface area (Å²) in [4.78, 5) is 24.2. The normalized spacial score (nSPS) is 11.6. The lowest BCUT2D eigenvalue weighted by molar-refractivity contribution is -0.142. The van der Waals surface area contributed by atoms with Crippen LogP contribution >= 0.6 is 11.6 Å². The first-order chi connectivity index (χ1) is 11.0. The van der Waals surface area contributed by atoms with Crippen molar-refractivity contribution in [2.45, 2.75) is 12.5 Å². The number of halogens is 1. The van der Waals surface area contributed by atoms with Crippen molar-refractivity contribution in [3.05, 3.63) is 64.7 Å². The van der Waals surface area contributed by atoms with Crippen LogP contribution in [0.25, 0.3) is 0 Å². The summed E-state index contributed by atoms with van der Waals surface area (Å²) in [5.41, 5.74) is 1.14. The van der Waals surface area contributed by atoms with Gasteiger partial charge in [0.15, 0.2) is 0 Å². The van der Waals surface area contributed by atoms with Crippen LogP contribution in [0.5, 0.6) is 5.75 Å². The minimum atomic E-state index is -0.837. The number of ether oxygens (including phenoxy) is 1. The number of aromatic hydroxyl groups is 1. The van der Waals surface area contributed by atoms with Gasteiger partial charge in [0.1, 0.15) is 11.8 Å². The number of benzene rings is 2. The summed E-state index contributed by atoms with van der Waals surface area (Å²) in [5.74, 6) is -0.832. The maximum absolute atomic E-state index is 12.3. The summed E-state index contributed by atoms with van der Waals surface area (Å²) in [6, 6.07) is 12.0. The number of nitrogens with one attached hydrogen (secondary N) is 1. The van der Waals surface area contributed by atoms with Crippen molar-refractivity contribution in [1.82, 2.24) is 5.32 Å². The van der Waals surface area contributed by atoms with Crippen LogP contribution < -0.4 is 5.32 Å². The summed E-state index contributed by atoms with van der Waals surface area (Å²) < 4.78 is 4.74. The molecule has 5 nitrogen and oxygen atoms in total. The highest BCUT2D eigenvalue weighted by Gasteiger charge is 2.22. The number of rotatable bonds is 5. The first-order valence-electron chi connectivity index (χ1n) is 6.92. The Morgan fingerprint density at radius 3 is 2.52 bits per heavy atom. The molecule has 0 radical (unpaired) electrons. The third kappa shape index (κ3) is 4.72. The van der Waals surface area contributed by atoms with Gasteiger partial charge in [0.05, 0.1) is 7.11 Å². The highest BCUT2D eigenvalue weighted by Crippen LogP contribution is 2.13. The molecule has 120 valence electrons. The molecule has 0 aromatic heterocycles. The molecule has 0 fully saturated rings. The number of esters is 1. The van der Waals surface area contributed by atoms with E-state index in [0.717, 1.165) is 5.56 Å². The van der Waals surface area contributed by atoms with Crippen molar-refractivity contribution in [2.75, 3.05) is 7.11 Å². The average Bonchev–Trinajstić information content (AvgIpc) is 2.55. The van der Waals surface area contributed by atoms with Gasteiger partial charge in [-0.3, -0.25) is 4.79 Å². The predicted octanol–water partition coefficient (Wildman–Crippen LogP) is 2.56. The van der Waals surface area contributed by atoms with E-state index >= 15 is 0 Å². The molecule has 0 saturated heterocycles. The minimum absolute atomic E-state index is 0.131. The van der Waals surface area contributed by atoms with E-state index in [1.54, 1.807) is 30.3 Å². The number of hydrogen-bond acceptors (Lipinski definition) is 4. The lowest BCUT2D eigenvalue weighted by atomic mass is 10.1. The van der Waals surface area contributed by atoms with Gasteiger partial charge >= 0.3 is 5.97 Å². The van der Waals surface area contributed by atoms with Crippen LogP contribution in [0.2, 0.25) is 5.02 Å². The van der Waals surface area contributed by atoms with Gasteiger partial charge in [-0.2, -0.15) is 0 Å². The Kier molecular flexibility index (Phi) is 5.60. The smallest absolute Gasteiger partial charge is 0.328 e. The van der Waals surface area contributed by atoms with E-state index < -0.39 is 17.9 Å². The van der Waals surface area contributed by atoms with E-state index in [-0.39, 0.29) is 12.2 Å². The number of amides is 1. The van der Waals surface area contributed by atoms with E-state index in [1.807, 2.05) is 0 Å². The predicted molar refractivity (Wildman–Crippen MR) is 86.5 cm³/mol. The molecule has 2 N–H and O–H groups in total. The van der Waals surface area contributed by atoms with Crippen LogP contribution in [0.3, 0.4) is 0 Å². The number of phenols is 1. The summed E-state index contributed by atoms with van der Waals surface area (Å²) >= 11 is 5.86. The molecule has 1 unspecified atom stereocenters. The molecule has 23 heavy (non-hydrogen) atoms. The molecule has 0 bridgehead atoms. The van der Waals surface area contributed by atoms with Crippen molar-refractivity contribution in [2.24, 2.45) is 0 Å². The van der Waals surface area contributed by atoms with Crippen molar-refractivity contribution in [1.29, 1.82) is 0 Å². The molecule has 0 aliphatic carbocycles. The first kappa shape index (κ1) is 16.8. The monoisotopic (exact) mass is 333 g/mol. The molecule has 0 aliphatic rings. The highest BCUT2D eigenvalue weighted by molar-refractivity contribution is 6.31. The summed E-state index contributed by atoms with van der Waals surface area (Å²) in [7, 11) is 1.26. The van der Waals surface area contributed by atoms with E-state index in [4.69, 9.17) is 16.3 Å². The van der Waals surface area contributed by atoms with Gasteiger partial charge in [0.25, 0.3) is 5.91 Å². The molecule has 6 heteroatoms. The van der Waals surface area contributed by atoms with E-state index in [9.17, 15) is 14.7 Å². The Balaban J connectivity index is 2.13. The van der Waals surface area contributed by atoms with Gasteiger partial charge in [-0.1, -0.05) is 29.8 Å². The van der Waals surface area contributed by atoms with Crippen molar-refractivity contribution in [3.8, 4) is 5.75 Å². The molecule has 1 amide bonds. The number of hydrogen-bond donors (Lipinski definition) is 2. The third-order valence-corrected chi connectivity index (χ3v) is 3.49. The van der Waals surface area contributed by atoms with Crippen LogP contribution in [0.4, 0.5) is 0 Å². The Hall–Kier alpha value is -2.53. The Morgan fingerprint density at radius 2 is 1.91 bits per heavy atom. The topological polar surface area (TPSA) is 75.6 Å². The highest BCUT2D eigenvalue weighted by atomic mass is 35.5. The lowest BCUT2D eigenvalue weighted by Crippen LogP contribution is -2.43. The van der Waals surface area contributed by atoms with Gasteiger partial charge in [-0.05, 0) is 35.9 Å². The lowest BCUT2D eigenvalue weighted by Gasteiger charge is -2.17. The van der Waals surface area contributed by atoms with Crippen LogP contribution in [-0.2, 0) is 16.0 Å². The molecule has 0 saturated carbocycles. The van der Waals surface area contributed by atoms with Gasteiger partial charge < -0.3 is 15.2 Å². The molecule has 2 rings (SSSR count). The summed E-state index contributed by atoms with van der Waals surface area (Å²) in [6.07, 6.45) is 0.249. The second-order valence-corrected chi connectivity index (χ2v) is 5.37. The maximum Gasteiger partial charge on any atom is 0.328 e. The largest absolute Gasteiger partial charge is 0.508 e. The number of methoxy groups -OCH3 is 1. The second-order valence-electron chi connectivity index (χ2n) is 4.93. The number of phenolic OH excluding ortho intramolecular Hbond substituents is 1. The molecule has 2 aromatic carbocycles. The number of carbonyl (C=O) groups excluding carboxylic acids is 2. The van der Waals surface area contributed by atoms with Crippen LogP contribution in [-0.4, -0.2) is 30.1 Å². The Labute approximate surface area is 138 Å². The fraction of sp³-hybridized carbons (Fsp3) is 0.176. The zero-order valence-electron chi connectivity index (χ0n) is 12.5. The van der Waals surface area contributed by atoms with E-state index in [2.05, 4.69) is 5.32 Å². The fourth-order valence-electron chi connectivity index (χ4n) is 2.07. The Morgan fingerprint density at radius 1 is 1.22 bits per heavy atom. The van der Waals surface area contributed by atoms with E-state index in [1.165, 1.54) is 25.3 Å². The van der Waals surface area contributed by atoms with Crippen molar-refractivity contribution in [3.63, 3.8) is 0 Å². The average molecular weight is 334 g/mol. The van der Waals surface area contributed by atoms with Crippen LogP contribution in [0, 0.1) is 0 Å². The molecule has 2 aromatic rings. The molecule has 0 aliphatic heterocycles. The van der Waals surface area contributed by atoms with Crippen molar-refractivity contribution >= 4 is 23.5 Å². The number of carbonyl (C=O) groups is 2.